The van der Waals surface area contributed by atoms with Crippen molar-refractivity contribution in [3.05, 3.63) is 40.6 Å². The van der Waals surface area contributed by atoms with Crippen LogP contribution in [-0.4, -0.2) is 51.4 Å². The van der Waals surface area contributed by atoms with Crippen molar-refractivity contribution in [3.8, 4) is 5.82 Å². The molecule has 0 amide bonds. The number of imidazole rings is 1. The average Bonchev–Trinajstić information content (AvgIpc) is 3.35. The van der Waals surface area contributed by atoms with E-state index in [0.29, 0.717) is 34.4 Å². The van der Waals surface area contributed by atoms with Crippen molar-refractivity contribution in [1.29, 1.82) is 0 Å². The standard InChI is InChI=1S/C23H31N7O2/c1-6-16-20-18(32-28-16)12-19(30-17-8-7-9-25-21(17)27-23(30)31)26-22(20)29(5)11-10-24-13-15(4)14(2)3/h7-9,12,14-15,24H,6,10-11,13H2,1-5H3,(H,25,27,31). The molecule has 4 rings (SSSR count). The van der Waals surface area contributed by atoms with Crippen LogP contribution < -0.4 is 15.9 Å². The number of aryl methyl sites for hydroxylation is 1. The fourth-order valence-corrected chi connectivity index (χ4v) is 3.71. The Morgan fingerprint density at radius 1 is 1.31 bits per heavy atom. The lowest BCUT2D eigenvalue weighted by atomic mass is 9.98. The van der Waals surface area contributed by atoms with Crippen LogP contribution in [0.3, 0.4) is 0 Å². The number of aromatic amines is 1. The van der Waals surface area contributed by atoms with E-state index in [9.17, 15) is 4.79 Å². The van der Waals surface area contributed by atoms with Crippen LogP contribution in [-0.2, 0) is 6.42 Å². The van der Waals surface area contributed by atoms with Gasteiger partial charge < -0.3 is 14.7 Å². The quantitative estimate of drug-likeness (QED) is 0.388. The highest BCUT2D eigenvalue weighted by atomic mass is 16.5. The molecule has 0 fully saturated rings. The number of aromatic nitrogens is 5. The van der Waals surface area contributed by atoms with Crippen molar-refractivity contribution in [2.24, 2.45) is 11.8 Å². The maximum Gasteiger partial charge on any atom is 0.333 e. The molecule has 0 saturated heterocycles. The number of likely N-dealkylation sites (N-methyl/N-ethyl adjacent to an activating group) is 1. The average molecular weight is 438 g/mol. The monoisotopic (exact) mass is 437 g/mol. The Bertz CT molecular complexity index is 1270. The summed E-state index contributed by atoms with van der Waals surface area (Å²) in [4.78, 5) is 26.7. The van der Waals surface area contributed by atoms with Crippen LogP contribution in [0.15, 0.2) is 33.7 Å². The van der Waals surface area contributed by atoms with Crippen molar-refractivity contribution in [1.82, 2.24) is 30.0 Å². The summed E-state index contributed by atoms with van der Waals surface area (Å²) in [5.41, 5.74) is 2.36. The Balaban J connectivity index is 1.70. The molecule has 9 heteroatoms. The highest BCUT2D eigenvalue weighted by molar-refractivity contribution is 5.92. The highest BCUT2D eigenvalue weighted by Crippen LogP contribution is 2.30. The Labute approximate surface area is 186 Å². The molecule has 0 aliphatic carbocycles. The molecule has 4 aromatic rings. The molecule has 1 unspecified atom stereocenters. The minimum Gasteiger partial charge on any atom is -0.358 e. The number of hydrogen-bond donors (Lipinski definition) is 2. The number of pyridine rings is 2. The van der Waals surface area contributed by atoms with Crippen LogP contribution in [0.25, 0.3) is 28.0 Å². The van der Waals surface area contributed by atoms with Crippen LogP contribution >= 0.6 is 0 Å². The van der Waals surface area contributed by atoms with Gasteiger partial charge in [-0.3, -0.25) is 4.98 Å². The van der Waals surface area contributed by atoms with Gasteiger partial charge in [-0.1, -0.05) is 32.9 Å². The summed E-state index contributed by atoms with van der Waals surface area (Å²) in [6.07, 6.45) is 2.38. The molecule has 170 valence electrons. The van der Waals surface area contributed by atoms with Crippen molar-refractivity contribution >= 4 is 28.0 Å². The SMILES string of the molecule is CCc1noc2cc(-n3c(=O)[nH]c4ncccc43)nc(N(C)CCNCC(C)C(C)C)c12. The molecular weight excluding hydrogens is 406 g/mol. The molecule has 9 nitrogen and oxygen atoms in total. The number of H-pyrrole nitrogens is 1. The first-order valence-corrected chi connectivity index (χ1v) is 11.2. The van der Waals surface area contributed by atoms with Gasteiger partial charge in [-0.2, -0.15) is 0 Å². The van der Waals surface area contributed by atoms with E-state index in [2.05, 4.69) is 46.1 Å². The Morgan fingerprint density at radius 3 is 2.88 bits per heavy atom. The smallest absolute Gasteiger partial charge is 0.333 e. The molecule has 4 aromatic heterocycles. The number of hydrogen-bond acceptors (Lipinski definition) is 7. The fraction of sp³-hybridized carbons (Fsp3) is 0.478. The summed E-state index contributed by atoms with van der Waals surface area (Å²) in [5, 5.41) is 8.66. The van der Waals surface area contributed by atoms with Crippen LogP contribution in [0.4, 0.5) is 5.82 Å². The van der Waals surface area contributed by atoms with Gasteiger partial charge in [0.25, 0.3) is 0 Å². The molecule has 0 aliphatic heterocycles. The van der Waals surface area contributed by atoms with Crippen LogP contribution in [0.5, 0.6) is 0 Å². The first-order valence-electron chi connectivity index (χ1n) is 11.2. The predicted octanol–water partition coefficient (Wildman–Crippen LogP) is 3.13. The molecular formula is C23H31N7O2. The third-order valence-corrected chi connectivity index (χ3v) is 6.10. The fourth-order valence-electron chi connectivity index (χ4n) is 3.71. The third-order valence-electron chi connectivity index (χ3n) is 6.10. The number of nitrogens with zero attached hydrogens (tertiary/aromatic N) is 5. The highest BCUT2D eigenvalue weighted by Gasteiger charge is 2.20. The molecule has 2 N–H and O–H groups in total. The third kappa shape index (κ3) is 4.12. The zero-order valence-electron chi connectivity index (χ0n) is 19.3. The second-order valence-corrected chi connectivity index (χ2v) is 8.64. The normalized spacial score (nSPS) is 12.8. The van der Waals surface area contributed by atoms with Gasteiger partial charge in [0.2, 0.25) is 0 Å². The predicted molar refractivity (Wildman–Crippen MR) is 127 cm³/mol. The number of nitrogens with one attached hydrogen (secondary N) is 2. The molecule has 0 saturated carbocycles. The van der Waals surface area contributed by atoms with E-state index in [1.165, 1.54) is 4.57 Å². The van der Waals surface area contributed by atoms with Crippen LogP contribution in [0.2, 0.25) is 0 Å². The lowest BCUT2D eigenvalue weighted by Gasteiger charge is -2.22. The van der Waals surface area contributed by atoms with E-state index >= 15 is 0 Å². The molecule has 1 atom stereocenters. The summed E-state index contributed by atoms with van der Waals surface area (Å²) >= 11 is 0. The second-order valence-electron chi connectivity index (χ2n) is 8.64. The first-order chi connectivity index (χ1) is 15.4. The summed E-state index contributed by atoms with van der Waals surface area (Å²) < 4.78 is 7.15. The molecule has 0 bridgehead atoms. The minimum atomic E-state index is -0.293. The van der Waals surface area contributed by atoms with Crippen molar-refractivity contribution in [2.45, 2.75) is 34.1 Å². The lowest BCUT2D eigenvalue weighted by Crippen LogP contribution is -2.33. The van der Waals surface area contributed by atoms with Crippen molar-refractivity contribution < 1.29 is 4.52 Å². The first kappa shape index (κ1) is 22.0. The van der Waals surface area contributed by atoms with Gasteiger partial charge in [0.1, 0.15) is 11.6 Å². The van der Waals surface area contributed by atoms with Gasteiger partial charge in [-0.25, -0.2) is 19.3 Å². The van der Waals surface area contributed by atoms with Gasteiger partial charge >= 0.3 is 5.69 Å². The number of anilines is 1. The lowest BCUT2D eigenvalue weighted by molar-refractivity contribution is 0.395. The zero-order chi connectivity index (χ0) is 22.8. The van der Waals surface area contributed by atoms with Gasteiger partial charge in [-0.15, -0.1) is 0 Å². The number of rotatable bonds is 9. The maximum absolute atomic E-state index is 12.7. The van der Waals surface area contributed by atoms with E-state index in [-0.39, 0.29) is 5.69 Å². The van der Waals surface area contributed by atoms with E-state index in [1.54, 1.807) is 18.3 Å². The number of fused-ring (bicyclic) bond motifs is 2. The topological polar surface area (TPSA) is 105 Å². The Kier molecular flexibility index (Phi) is 6.27. The van der Waals surface area contributed by atoms with Crippen LogP contribution in [0, 0.1) is 11.8 Å². The zero-order valence-corrected chi connectivity index (χ0v) is 19.3. The minimum absolute atomic E-state index is 0.293. The molecule has 32 heavy (non-hydrogen) atoms. The van der Waals surface area contributed by atoms with Gasteiger partial charge in [-0.05, 0) is 36.9 Å². The molecule has 0 spiro atoms. The Hall–Kier alpha value is -3.20. The molecule has 0 radical (unpaired) electrons. The summed E-state index contributed by atoms with van der Waals surface area (Å²) in [6.45, 7) is 11.3. The van der Waals surface area contributed by atoms with Crippen molar-refractivity contribution in [3.63, 3.8) is 0 Å². The molecule has 0 aromatic carbocycles. The van der Waals surface area contributed by atoms with Crippen molar-refractivity contribution in [2.75, 3.05) is 31.6 Å². The summed E-state index contributed by atoms with van der Waals surface area (Å²) in [5.74, 6) is 2.48. The molecule has 4 heterocycles. The van der Waals surface area contributed by atoms with Gasteiger partial charge in [0.05, 0.1) is 16.6 Å². The van der Waals surface area contributed by atoms with Gasteiger partial charge in [0, 0.05) is 32.4 Å². The van der Waals surface area contributed by atoms with Crippen LogP contribution in [0.1, 0.15) is 33.4 Å². The molecule has 0 aliphatic rings. The van der Waals surface area contributed by atoms with E-state index in [0.717, 1.165) is 43.0 Å². The van der Waals surface area contributed by atoms with Gasteiger partial charge in [0.15, 0.2) is 11.2 Å². The van der Waals surface area contributed by atoms with E-state index < -0.39 is 0 Å². The largest absolute Gasteiger partial charge is 0.358 e. The summed E-state index contributed by atoms with van der Waals surface area (Å²) in [7, 11) is 2.01. The van der Waals surface area contributed by atoms with E-state index in [1.807, 2.05) is 20.0 Å². The van der Waals surface area contributed by atoms with E-state index in [4.69, 9.17) is 9.51 Å². The summed E-state index contributed by atoms with van der Waals surface area (Å²) in [6, 6.07) is 5.40. The maximum atomic E-state index is 12.7. The Morgan fingerprint density at radius 2 is 2.12 bits per heavy atom. The second kappa shape index (κ2) is 9.12.